The molecule has 1 aromatic carbocycles. The van der Waals surface area contributed by atoms with Gasteiger partial charge in [0.15, 0.2) is 0 Å². The number of halogens is 1. The van der Waals surface area contributed by atoms with E-state index in [4.69, 9.17) is 17.3 Å². The molecule has 0 saturated carbocycles. The Labute approximate surface area is 129 Å². The van der Waals surface area contributed by atoms with Crippen molar-refractivity contribution in [1.29, 1.82) is 0 Å². The van der Waals surface area contributed by atoms with Gasteiger partial charge < -0.3 is 5.73 Å². The van der Waals surface area contributed by atoms with Crippen LogP contribution in [-0.4, -0.2) is 42.4 Å². The van der Waals surface area contributed by atoms with Crippen molar-refractivity contribution in [2.45, 2.75) is 19.4 Å². The Bertz CT molecular complexity index is 518. The molecule has 3 N–H and O–H groups in total. The predicted molar refractivity (Wildman–Crippen MR) is 82.1 cm³/mol. The minimum absolute atomic E-state index is 0.194. The third kappa shape index (κ3) is 4.52. The van der Waals surface area contributed by atoms with Crippen LogP contribution in [0.1, 0.15) is 23.7 Å². The van der Waals surface area contributed by atoms with Crippen LogP contribution in [0.4, 0.5) is 0 Å². The first-order chi connectivity index (χ1) is 9.95. The maximum Gasteiger partial charge on any atom is 0.257 e. The lowest BCUT2D eigenvalue weighted by atomic mass is 9.95. The van der Waals surface area contributed by atoms with Gasteiger partial charge in [-0.1, -0.05) is 18.5 Å². The number of nitrogens with one attached hydrogen (secondary N) is 1. The number of likely N-dealkylation sites (tertiary alicyclic amines) is 1. The minimum Gasteiger partial charge on any atom is -0.327 e. The Morgan fingerprint density at radius 2 is 2.05 bits per heavy atom. The van der Waals surface area contributed by atoms with Gasteiger partial charge in [-0.25, -0.2) is 0 Å². The smallest absolute Gasteiger partial charge is 0.257 e. The largest absolute Gasteiger partial charge is 0.327 e. The van der Waals surface area contributed by atoms with Crippen molar-refractivity contribution in [3.05, 3.63) is 34.9 Å². The molecule has 1 fully saturated rings. The number of rotatable bonds is 3. The van der Waals surface area contributed by atoms with Gasteiger partial charge in [-0.15, -0.1) is 0 Å². The number of imide groups is 1. The average molecular weight is 310 g/mol. The lowest BCUT2D eigenvalue weighted by Gasteiger charge is -2.34. The molecule has 0 aliphatic carbocycles. The molecule has 0 aromatic heterocycles. The summed E-state index contributed by atoms with van der Waals surface area (Å²) in [6.07, 6.45) is 0.875. The van der Waals surface area contributed by atoms with Gasteiger partial charge in [-0.2, -0.15) is 0 Å². The highest BCUT2D eigenvalue weighted by molar-refractivity contribution is 6.30. The summed E-state index contributed by atoms with van der Waals surface area (Å²) in [5, 5.41) is 2.95. The highest BCUT2D eigenvalue weighted by Crippen LogP contribution is 2.14. The Kier molecular flexibility index (Phi) is 5.33. The molecule has 1 aliphatic heterocycles. The van der Waals surface area contributed by atoms with E-state index in [1.165, 1.54) is 0 Å². The summed E-state index contributed by atoms with van der Waals surface area (Å²) in [4.78, 5) is 25.9. The number of nitrogens with zero attached hydrogens (tertiary/aromatic N) is 1. The van der Waals surface area contributed by atoms with Gasteiger partial charge in [0.1, 0.15) is 0 Å². The van der Waals surface area contributed by atoms with E-state index in [9.17, 15) is 9.59 Å². The maximum absolute atomic E-state index is 11.9. The highest BCUT2D eigenvalue weighted by Gasteiger charge is 2.24. The number of carbonyl (C=O) groups is 2. The molecule has 1 saturated heterocycles. The zero-order valence-electron chi connectivity index (χ0n) is 12.0. The van der Waals surface area contributed by atoms with Crippen LogP contribution < -0.4 is 11.1 Å². The van der Waals surface area contributed by atoms with E-state index in [-0.39, 0.29) is 18.5 Å². The van der Waals surface area contributed by atoms with Gasteiger partial charge in [-0.05, 0) is 36.6 Å². The third-order valence-electron chi connectivity index (χ3n) is 3.78. The Hall–Kier alpha value is -1.43. The van der Waals surface area contributed by atoms with Gasteiger partial charge >= 0.3 is 0 Å². The first-order valence-corrected chi connectivity index (χ1v) is 7.41. The Balaban J connectivity index is 1.84. The molecule has 0 radical (unpaired) electrons. The van der Waals surface area contributed by atoms with Crippen molar-refractivity contribution in [3.63, 3.8) is 0 Å². The predicted octanol–water partition coefficient (Wildman–Crippen LogP) is 1.27. The van der Waals surface area contributed by atoms with Crippen molar-refractivity contribution in [2.75, 3.05) is 19.6 Å². The van der Waals surface area contributed by atoms with Crippen LogP contribution in [0.15, 0.2) is 24.3 Å². The van der Waals surface area contributed by atoms with Crippen molar-refractivity contribution < 1.29 is 9.59 Å². The molecule has 1 aromatic rings. The second-order valence-electron chi connectivity index (χ2n) is 5.55. The van der Waals surface area contributed by atoms with E-state index in [1.54, 1.807) is 24.3 Å². The lowest BCUT2D eigenvalue weighted by molar-refractivity contribution is -0.121. The van der Waals surface area contributed by atoms with Gasteiger partial charge in [0, 0.05) is 29.7 Å². The van der Waals surface area contributed by atoms with Crippen LogP contribution in [-0.2, 0) is 4.79 Å². The summed E-state index contributed by atoms with van der Waals surface area (Å²) in [7, 11) is 0. The highest BCUT2D eigenvalue weighted by atomic mass is 35.5. The number of benzene rings is 1. The molecule has 1 aliphatic rings. The number of hydrogen-bond acceptors (Lipinski definition) is 4. The second-order valence-corrected chi connectivity index (χ2v) is 5.99. The number of hydrogen-bond donors (Lipinski definition) is 2. The van der Waals surface area contributed by atoms with Crippen molar-refractivity contribution in [2.24, 2.45) is 11.7 Å². The van der Waals surface area contributed by atoms with Crippen LogP contribution in [0.3, 0.4) is 0 Å². The number of piperidine rings is 1. The fourth-order valence-electron chi connectivity index (χ4n) is 2.44. The molecule has 1 heterocycles. The summed E-state index contributed by atoms with van der Waals surface area (Å²) in [5.41, 5.74) is 6.37. The summed E-state index contributed by atoms with van der Waals surface area (Å²) >= 11 is 5.76. The molecular weight excluding hydrogens is 290 g/mol. The molecule has 2 amide bonds. The fraction of sp³-hybridized carbons (Fsp3) is 0.467. The van der Waals surface area contributed by atoms with Crippen LogP contribution in [0, 0.1) is 5.92 Å². The van der Waals surface area contributed by atoms with E-state index in [1.807, 2.05) is 4.90 Å². The molecule has 5 nitrogen and oxygen atoms in total. The van der Waals surface area contributed by atoms with Crippen molar-refractivity contribution in [3.8, 4) is 0 Å². The number of carbonyl (C=O) groups excluding carboxylic acids is 2. The normalized spacial score (nSPS) is 22.8. The van der Waals surface area contributed by atoms with E-state index in [0.29, 0.717) is 16.5 Å². The molecule has 2 atom stereocenters. The molecular formula is C15H20ClN3O2. The van der Waals surface area contributed by atoms with E-state index in [2.05, 4.69) is 12.2 Å². The molecule has 2 unspecified atom stereocenters. The molecule has 21 heavy (non-hydrogen) atoms. The first kappa shape index (κ1) is 15.9. The molecule has 6 heteroatoms. The SMILES string of the molecule is CC1CN(CC(=O)NC(=O)c2ccc(Cl)cc2)CCC1N. The quantitative estimate of drug-likeness (QED) is 0.881. The van der Waals surface area contributed by atoms with Gasteiger partial charge in [-0.3, -0.25) is 19.8 Å². The zero-order chi connectivity index (χ0) is 15.4. The van der Waals surface area contributed by atoms with E-state index >= 15 is 0 Å². The number of amides is 2. The topological polar surface area (TPSA) is 75.4 Å². The Morgan fingerprint density at radius 3 is 2.67 bits per heavy atom. The summed E-state index contributed by atoms with van der Waals surface area (Å²) < 4.78 is 0. The van der Waals surface area contributed by atoms with Crippen molar-refractivity contribution >= 4 is 23.4 Å². The van der Waals surface area contributed by atoms with Crippen LogP contribution in [0.2, 0.25) is 5.02 Å². The van der Waals surface area contributed by atoms with Crippen molar-refractivity contribution in [1.82, 2.24) is 10.2 Å². The fourth-order valence-corrected chi connectivity index (χ4v) is 2.56. The molecule has 114 valence electrons. The van der Waals surface area contributed by atoms with Crippen LogP contribution in [0.5, 0.6) is 0 Å². The van der Waals surface area contributed by atoms with Crippen LogP contribution in [0.25, 0.3) is 0 Å². The first-order valence-electron chi connectivity index (χ1n) is 7.03. The van der Waals surface area contributed by atoms with Gasteiger partial charge in [0.25, 0.3) is 5.91 Å². The third-order valence-corrected chi connectivity index (χ3v) is 4.03. The summed E-state index contributed by atoms with van der Waals surface area (Å²) in [6, 6.07) is 6.61. The number of nitrogens with two attached hydrogens (primary N) is 1. The standard InChI is InChI=1S/C15H20ClN3O2/c1-10-8-19(7-6-13(10)17)9-14(20)18-15(21)11-2-4-12(16)5-3-11/h2-5,10,13H,6-9,17H2,1H3,(H,18,20,21). The average Bonchev–Trinajstić information content (AvgIpc) is 2.43. The van der Waals surface area contributed by atoms with Gasteiger partial charge in [0.05, 0.1) is 6.54 Å². The maximum atomic E-state index is 11.9. The lowest BCUT2D eigenvalue weighted by Crippen LogP contribution is -2.49. The minimum atomic E-state index is -0.404. The molecule has 0 spiro atoms. The summed E-state index contributed by atoms with van der Waals surface area (Å²) in [5.74, 6) is -0.338. The van der Waals surface area contributed by atoms with Gasteiger partial charge in [0.2, 0.25) is 5.91 Å². The molecule has 2 rings (SSSR count). The zero-order valence-corrected chi connectivity index (χ0v) is 12.8. The monoisotopic (exact) mass is 309 g/mol. The second kappa shape index (κ2) is 7.02. The van der Waals surface area contributed by atoms with E-state index < -0.39 is 5.91 Å². The van der Waals surface area contributed by atoms with Crippen LogP contribution >= 0.6 is 11.6 Å². The summed E-state index contributed by atoms with van der Waals surface area (Å²) in [6.45, 7) is 3.86. The molecule has 0 bridgehead atoms. The Morgan fingerprint density at radius 1 is 1.38 bits per heavy atom. The van der Waals surface area contributed by atoms with E-state index in [0.717, 1.165) is 19.5 Å².